The van der Waals surface area contributed by atoms with Crippen molar-refractivity contribution in [3.8, 4) is 0 Å². The third kappa shape index (κ3) is 5.00. The second-order valence-electron chi connectivity index (χ2n) is 6.81. The molecule has 0 amide bonds. The fourth-order valence-electron chi connectivity index (χ4n) is 3.33. The van der Waals surface area contributed by atoms with Gasteiger partial charge >= 0.3 is 5.97 Å². The Hall–Kier alpha value is -3.29. The molecule has 0 spiro atoms. The van der Waals surface area contributed by atoms with Gasteiger partial charge in [-0.15, -0.1) is 0 Å². The maximum absolute atomic E-state index is 13.8. The van der Waals surface area contributed by atoms with Crippen molar-refractivity contribution < 1.29 is 28.0 Å². The van der Waals surface area contributed by atoms with Crippen molar-refractivity contribution in [2.45, 2.75) is 25.4 Å². The van der Waals surface area contributed by atoms with Gasteiger partial charge in [-0.2, -0.15) is 0 Å². The minimum Gasteiger partial charge on any atom is -0.464 e. The van der Waals surface area contributed by atoms with Gasteiger partial charge < -0.3 is 14.4 Å². The smallest absolute Gasteiger partial charge is 0.360 e. The van der Waals surface area contributed by atoms with Crippen LogP contribution in [0.2, 0.25) is 0 Å². The van der Waals surface area contributed by atoms with E-state index < -0.39 is 17.6 Å². The maximum Gasteiger partial charge on any atom is 0.360 e. The molecule has 30 heavy (non-hydrogen) atoms. The third-order valence-corrected chi connectivity index (χ3v) is 4.90. The summed E-state index contributed by atoms with van der Waals surface area (Å²) in [6, 6.07) is 10.9. The maximum atomic E-state index is 13.8. The van der Waals surface area contributed by atoms with Crippen LogP contribution in [-0.4, -0.2) is 32.1 Å². The average Bonchev–Trinajstić information content (AvgIpc) is 3.50. The van der Waals surface area contributed by atoms with Crippen molar-refractivity contribution >= 4 is 17.9 Å². The molecule has 6 nitrogen and oxygen atoms in total. The summed E-state index contributed by atoms with van der Waals surface area (Å²) < 4.78 is 32.4. The topological polar surface area (TPSA) is 69.5 Å². The Bertz CT molecular complexity index is 942. The molecule has 0 aromatic heterocycles. The summed E-state index contributed by atoms with van der Waals surface area (Å²) in [4.78, 5) is 22.0. The van der Waals surface area contributed by atoms with Crippen LogP contribution in [0.3, 0.4) is 0 Å². The standard InChI is InChI=1S/C22H22F2N2O4/c1-28-22(27)21(26-29-2)16-7-4-3-6-15(16)13-30-25-11-10-14-12-17(14)20-18(23)8-5-9-19(20)24/h3-9,11,14,17H,10,12-13H2,1-2H3. The van der Waals surface area contributed by atoms with Crippen LogP contribution in [0.15, 0.2) is 52.8 Å². The van der Waals surface area contributed by atoms with Crippen LogP contribution in [0.25, 0.3) is 0 Å². The first-order valence-electron chi connectivity index (χ1n) is 9.42. The molecule has 3 rings (SSSR count). The molecule has 0 heterocycles. The van der Waals surface area contributed by atoms with Crippen LogP contribution < -0.4 is 0 Å². The zero-order valence-electron chi connectivity index (χ0n) is 16.7. The van der Waals surface area contributed by atoms with E-state index in [0.29, 0.717) is 24.0 Å². The van der Waals surface area contributed by atoms with Crippen LogP contribution >= 0.6 is 0 Å². The van der Waals surface area contributed by atoms with Crippen molar-refractivity contribution in [2.24, 2.45) is 16.2 Å². The van der Waals surface area contributed by atoms with E-state index in [1.165, 1.54) is 32.4 Å². The van der Waals surface area contributed by atoms with Gasteiger partial charge in [-0.1, -0.05) is 40.6 Å². The molecule has 158 valence electrons. The largest absolute Gasteiger partial charge is 0.464 e. The van der Waals surface area contributed by atoms with E-state index in [9.17, 15) is 13.6 Å². The highest BCUT2D eigenvalue weighted by Gasteiger charge is 2.40. The molecule has 8 heteroatoms. The first-order valence-corrected chi connectivity index (χ1v) is 9.42. The van der Waals surface area contributed by atoms with E-state index in [0.717, 1.165) is 0 Å². The summed E-state index contributed by atoms with van der Waals surface area (Å²) in [5.41, 5.74) is 1.36. The molecule has 1 fully saturated rings. The van der Waals surface area contributed by atoms with Crippen molar-refractivity contribution in [1.82, 2.24) is 0 Å². The fraction of sp³-hybridized carbons (Fsp3) is 0.318. The van der Waals surface area contributed by atoms with Gasteiger partial charge in [-0.05, 0) is 36.8 Å². The molecule has 2 aromatic carbocycles. The molecule has 0 saturated heterocycles. The summed E-state index contributed by atoms with van der Waals surface area (Å²) in [6.45, 7) is 0.0996. The fourth-order valence-corrected chi connectivity index (χ4v) is 3.33. The minimum atomic E-state index is -0.632. The monoisotopic (exact) mass is 416 g/mol. The van der Waals surface area contributed by atoms with Crippen LogP contribution in [0.4, 0.5) is 8.78 Å². The number of hydrogen-bond acceptors (Lipinski definition) is 6. The van der Waals surface area contributed by atoms with E-state index in [1.807, 2.05) is 0 Å². The Labute approximate surface area is 173 Å². The molecule has 2 aromatic rings. The molecule has 1 aliphatic rings. The molecule has 2 atom stereocenters. The Morgan fingerprint density at radius 2 is 1.87 bits per heavy atom. The van der Waals surface area contributed by atoms with Crippen molar-refractivity contribution in [2.75, 3.05) is 14.2 Å². The lowest BCUT2D eigenvalue weighted by atomic mass is 10.0. The summed E-state index contributed by atoms with van der Waals surface area (Å²) >= 11 is 0. The number of ether oxygens (including phenoxy) is 1. The number of carbonyl (C=O) groups is 1. The first kappa shape index (κ1) is 21.4. The second kappa shape index (κ2) is 9.96. The van der Waals surface area contributed by atoms with Gasteiger partial charge in [0.15, 0.2) is 5.71 Å². The van der Waals surface area contributed by atoms with Gasteiger partial charge in [0.25, 0.3) is 0 Å². The second-order valence-corrected chi connectivity index (χ2v) is 6.81. The molecular weight excluding hydrogens is 394 g/mol. The number of hydrogen-bond donors (Lipinski definition) is 0. The highest BCUT2D eigenvalue weighted by molar-refractivity contribution is 6.43. The summed E-state index contributed by atoms with van der Waals surface area (Å²) in [5.74, 6) is -1.65. The molecule has 0 radical (unpaired) electrons. The number of carbonyl (C=O) groups excluding carboxylic acids is 1. The lowest BCUT2D eigenvalue weighted by Crippen LogP contribution is -2.19. The van der Waals surface area contributed by atoms with Crippen LogP contribution in [-0.2, 0) is 25.8 Å². The number of esters is 1. The van der Waals surface area contributed by atoms with Crippen LogP contribution in [0.5, 0.6) is 0 Å². The number of nitrogens with zero attached hydrogens (tertiary/aromatic N) is 2. The normalized spacial score (nSPS) is 18.3. The molecule has 0 aliphatic heterocycles. The lowest BCUT2D eigenvalue weighted by molar-refractivity contribution is -0.132. The summed E-state index contributed by atoms with van der Waals surface area (Å²) in [7, 11) is 2.60. The number of benzene rings is 2. The Balaban J connectivity index is 1.56. The summed E-state index contributed by atoms with van der Waals surface area (Å²) in [5, 5.41) is 7.67. The van der Waals surface area contributed by atoms with Crippen molar-refractivity contribution in [3.63, 3.8) is 0 Å². The third-order valence-electron chi connectivity index (χ3n) is 4.90. The molecule has 1 aliphatic carbocycles. The molecule has 1 saturated carbocycles. The predicted octanol–water partition coefficient (Wildman–Crippen LogP) is 4.18. The van der Waals surface area contributed by atoms with E-state index in [1.54, 1.807) is 30.5 Å². The molecule has 2 unspecified atom stereocenters. The zero-order valence-corrected chi connectivity index (χ0v) is 16.7. The van der Waals surface area contributed by atoms with E-state index in [4.69, 9.17) is 14.4 Å². The summed E-state index contributed by atoms with van der Waals surface area (Å²) in [6.07, 6.45) is 2.86. The quantitative estimate of drug-likeness (QED) is 0.349. The Morgan fingerprint density at radius 3 is 2.57 bits per heavy atom. The van der Waals surface area contributed by atoms with Gasteiger partial charge in [0.05, 0.1) is 7.11 Å². The van der Waals surface area contributed by atoms with Gasteiger partial charge in [-0.25, -0.2) is 13.6 Å². The number of rotatable bonds is 9. The molecule has 0 bridgehead atoms. The van der Waals surface area contributed by atoms with Crippen molar-refractivity contribution in [1.29, 1.82) is 0 Å². The number of halogens is 2. The highest BCUT2D eigenvalue weighted by Crippen LogP contribution is 2.50. The van der Waals surface area contributed by atoms with Crippen LogP contribution in [0.1, 0.15) is 35.4 Å². The Morgan fingerprint density at radius 1 is 1.13 bits per heavy atom. The van der Waals surface area contributed by atoms with Gasteiger partial charge in [0.2, 0.25) is 0 Å². The van der Waals surface area contributed by atoms with E-state index in [-0.39, 0.29) is 29.7 Å². The van der Waals surface area contributed by atoms with E-state index in [2.05, 4.69) is 10.3 Å². The molecule has 0 N–H and O–H groups in total. The highest BCUT2D eigenvalue weighted by atomic mass is 19.1. The SMILES string of the molecule is CON=C(C(=O)OC)c1ccccc1CON=CCC1CC1c1c(F)cccc1F. The van der Waals surface area contributed by atoms with Crippen molar-refractivity contribution in [3.05, 3.63) is 70.8 Å². The predicted molar refractivity (Wildman–Crippen MR) is 107 cm³/mol. The van der Waals surface area contributed by atoms with Gasteiger partial charge in [0.1, 0.15) is 25.4 Å². The van der Waals surface area contributed by atoms with Crippen LogP contribution in [0, 0.1) is 17.6 Å². The number of methoxy groups -OCH3 is 1. The first-order chi connectivity index (χ1) is 14.6. The lowest BCUT2D eigenvalue weighted by Gasteiger charge is -2.09. The van der Waals surface area contributed by atoms with E-state index >= 15 is 0 Å². The van der Waals surface area contributed by atoms with Gasteiger partial charge in [0, 0.05) is 22.9 Å². The minimum absolute atomic E-state index is 0.0240. The zero-order chi connectivity index (χ0) is 21.5. The Kier molecular flexibility index (Phi) is 7.11. The number of oxime groups is 2. The molecular formula is C22H22F2N2O4. The van der Waals surface area contributed by atoms with Gasteiger partial charge in [-0.3, -0.25) is 0 Å². The average molecular weight is 416 g/mol.